The van der Waals surface area contributed by atoms with Crippen molar-refractivity contribution in [2.75, 3.05) is 44.4 Å². The van der Waals surface area contributed by atoms with Crippen molar-refractivity contribution in [3.05, 3.63) is 83.6 Å². The standard InChI is InChI=1S/C31H34N4O6/c36-29(21-12-13-28(33-19-21)35-15-17-40-18-16-35)32-14-6-5-11-27(30(37)38)34-31(39)41-20-26-24-9-3-1-7-22(24)23-8-2-4-10-25(23)26/h1-4,7-10,12-13,19,26-27H,5-6,11,14-18,20H2,(H,32,36)(H,34,39)(H,37,38)/t27-/m0/s1. The number of pyridine rings is 1. The molecule has 1 fully saturated rings. The molecule has 0 radical (unpaired) electrons. The van der Waals surface area contributed by atoms with Crippen molar-refractivity contribution in [2.45, 2.75) is 31.2 Å². The molecule has 1 aliphatic carbocycles. The number of carbonyl (C=O) groups excluding carboxylic acids is 2. The number of carbonyl (C=O) groups is 3. The van der Waals surface area contributed by atoms with Crippen molar-refractivity contribution in [2.24, 2.45) is 0 Å². The van der Waals surface area contributed by atoms with Crippen LogP contribution >= 0.6 is 0 Å². The van der Waals surface area contributed by atoms with Crippen LogP contribution in [-0.2, 0) is 14.3 Å². The lowest BCUT2D eigenvalue weighted by atomic mass is 9.98. The number of aromatic nitrogens is 1. The number of fused-ring (bicyclic) bond motifs is 3. The molecule has 214 valence electrons. The lowest BCUT2D eigenvalue weighted by Gasteiger charge is -2.27. The van der Waals surface area contributed by atoms with Gasteiger partial charge in [-0.2, -0.15) is 0 Å². The Hall–Kier alpha value is -4.44. The van der Waals surface area contributed by atoms with E-state index in [4.69, 9.17) is 9.47 Å². The van der Waals surface area contributed by atoms with Crippen molar-refractivity contribution in [1.82, 2.24) is 15.6 Å². The fourth-order valence-electron chi connectivity index (χ4n) is 5.32. The molecule has 1 aliphatic heterocycles. The zero-order valence-electron chi connectivity index (χ0n) is 22.8. The topological polar surface area (TPSA) is 130 Å². The SMILES string of the molecule is O=C(N[C@@H](CCCCNC(=O)c1ccc(N2CCOCC2)nc1)C(=O)O)OCC1c2ccccc2-c2ccccc21. The zero-order valence-corrected chi connectivity index (χ0v) is 22.8. The summed E-state index contributed by atoms with van der Waals surface area (Å²) in [5.74, 6) is -0.661. The summed E-state index contributed by atoms with van der Waals surface area (Å²) in [5.41, 5.74) is 4.87. The maximum absolute atomic E-state index is 12.5. The van der Waals surface area contributed by atoms with Gasteiger partial charge >= 0.3 is 12.1 Å². The molecule has 0 saturated carbocycles. The monoisotopic (exact) mass is 558 g/mol. The molecule has 10 heteroatoms. The summed E-state index contributed by atoms with van der Waals surface area (Å²) in [6.07, 6.45) is 2.06. The van der Waals surface area contributed by atoms with Gasteiger partial charge in [-0.1, -0.05) is 48.5 Å². The Morgan fingerprint density at radius 3 is 2.29 bits per heavy atom. The summed E-state index contributed by atoms with van der Waals surface area (Å²) < 4.78 is 10.8. The Labute approximate surface area is 238 Å². The molecule has 2 amide bonds. The third-order valence-corrected chi connectivity index (χ3v) is 7.48. The number of amides is 2. The number of morpholine rings is 1. The van der Waals surface area contributed by atoms with E-state index in [1.807, 2.05) is 42.5 Å². The van der Waals surface area contributed by atoms with Crippen LogP contribution in [0, 0.1) is 0 Å². The number of hydrogen-bond acceptors (Lipinski definition) is 7. The summed E-state index contributed by atoms with van der Waals surface area (Å²) in [5, 5.41) is 14.9. The first-order valence-corrected chi connectivity index (χ1v) is 13.9. The molecule has 1 saturated heterocycles. The fourth-order valence-corrected chi connectivity index (χ4v) is 5.32. The van der Waals surface area contributed by atoms with Gasteiger partial charge in [0.2, 0.25) is 0 Å². The molecule has 5 rings (SSSR count). The third kappa shape index (κ3) is 6.83. The molecular weight excluding hydrogens is 524 g/mol. The molecular formula is C31H34N4O6. The second-order valence-electron chi connectivity index (χ2n) is 10.1. The van der Waals surface area contributed by atoms with E-state index in [0.717, 1.165) is 41.2 Å². The van der Waals surface area contributed by atoms with Crippen LogP contribution in [0.3, 0.4) is 0 Å². The largest absolute Gasteiger partial charge is 0.480 e. The first-order chi connectivity index (χ1) is 20.0. The molecule has 0 spiro atoms. The highest BCUT2D eigenvalue weighted by Gasteiger charge is 2.29. The lowest BCUT2D eigenvalue weighted by Crippen LogP contribution is -2.41. The van der Waals surface area contributed by atoms with Crippen LogP contribution in [0.5, 0.6) is 0 Å². The van der Waals surface area contributed by atoms with Crippen LogP contribution in [0.15, 0.2) is 66.9 Å². The van der Waals surface area contributed by atoms with E-state index < -0.39 is 18.1 Å². The van der Waals surface area contributed by atoms with Crippen LogP contribution < -0.4 is 15.5 Å². The number of hydrogen-bond donors (Lipinski definition) is 3. The molecule has 41 heavy (non-hydrogen) atoms. The van der Waals surface area contributed by atoms with Crippen LogP contribution in [0.2, 0.25) is 0 Å². The highest BCUT2D eigenvalue weighted by atomic mass is 16.5. The van der Waals surface area contributed by atoms with Crippen molar-refractivity contribution in [3.8, 4) is 11.1 Å². The van der Waals surface area contributed by atoms with E-state index in [1.54, 1.807) is 12.3 Å². The number of rotatable bonds is 11. The average Bonchev–Trinajstić information content (AvgIpc) is 3.33. The number of aliphatic carboxylic acids is 1. The summed E-state index contributed by atoms with van der Waals surface area (Å²) in [6, 6.07) is 18.5. The van der Waals surface area contributed by atoms with Crippen molar-refractivity contribution in [3.63, 3.8) is 0 Å². The molecule has 3 N–H and O–H groups in total. The predicted molar refractivity (Wildman–Crippen MR) is 153 cm³/mol. The van der Waals surface area contributed by atoms with Gasteiger partial charge in [-0.3, -0.25) is 4.79 Å². The smallest absolute Gasteiger partial charge is 0.407 e. The normalized spacial score (nSPS) is 15.0. The second kappa shape index (κ2) is 13.3. The maximum atomic E-state index is 12.5. The molecule has 2 heterocycles. The molecule has 1 aromatic heterocycles. The molecule has 0 unspecified atom stereocenters. The fraction of sp³-hybridized carbons (Fsp3) is 0.355. The van der Waals surface area contributed by atoms with E-state index >= 15 is 0 Å². The predicted octanol–water partition coefficient (Wildman–Crippen LogP) is 3.81. The number of alkyl carbamates (subject to hydrolysis) is 1. The Kier molecular flexibility index (Phi) is 9.10. The number of unbranched alkanes of at least 4 members (excludes halogenated alkanes) is 1. The highest BCUT2D eigenvalue weighted by molar-refractivity contribution is 5.94. The van der Waals surface area contributed by atoms with E-state index in [0.29, 0.717) is 38.2 Å². The number of nitrogens with one attached hydrogen (secondary N) is 2. The van der Waals surface area contributed by atoms with Gasteiger partial charge in [0.15, 0.2) is 0 Å². The lowest BCUT2D eigenvalue weighted by molar-refractivity contribution is -0.139. The Bertz CT molecular complexity index is 1330. The number of carboxylic acid groups (broad SMARTS) is 1. The number of nitrogens with zero attached hydrogens (tertiary/aromatic N) is 2. The number of benzene rings is 2. The number of ether oxygens (including phenoxy) is 2. The van der Waals surface area contributed by atoms with Crippen LogP contribution in [0.25, 0.3) is 11.1 Å². The van der Waals surface area contributed by atoms with Crippen molar-refractivity contribution < 1.29 is 29.0 Å². The average molecular weight is 559 g/mol. The van der Waals surface area contributed by atoms with Crippen LogP contribution in [0.1, 0.15) is 46.7 Å². The van der Waals surface area contributed by atoms with Crippen LogP contribution in [0.4, 0.5) is 10.6 Å². The molecule has 2 aromatic carbocycles. The van der Waals surface area contributed by atoms with Gasteiger partial charge in [0.05, 0.1) is 18.8 Å². The third-order valence-electron chi connectivity index (χ3n) is 7.48. The Morgan fingerprint density at radius 2 is 1.66 bits per heavy atom. The molecule has 0 bridgehead atoms. The van der Waals surface area contributed by atoms with E-state index in [9.17, 15) is 19.5 Å². The minimum absolute atomic E-state index is 0.106. The first-order valence-electron chi connectivity index (χ1n) is 13.9. The van der Waals surface area contributed by atoms with Gasteiger partial charge in [0.1, 0.15) is 18.5 Å². The minimum Gasteiger partial charge on any atom is -0.480 e. The van der Waals surface area contributed by atoms with Crippen molar-refractivity contribution in [1.29, 1.82) is 0 Å². The highest BCUT2D eigenvalue weighted by Crippen LogP contribution is 2.44. The molecule has 3 aromatic rings. The van der Waals surface area contributed by atoms with Gasteiger partial charge in [-0.05, 0) is 53.6 Å². The maximum Gasteiger partial charge on any atom is 0.407 e. The van der Waals surface area contributed by atoms with Gasteiger partial charge in [-0.25, -0.2) is 14.6 Å². The second-order valence-corrected chi connectivity index (χ2v) is 10.1. The summed E-state index contributed by atoms with van der Waals surface area (Å²) >= 11 is 0. The minimum atomic E-state index is -1.13. The van der Waals surface area contributed by atoms with Crippen molar-refractivity contribution >= 4 is 23.8 Å². The summed E-state index contributed by atoms with van der Waals surface area (Å²) in [6.45, 7) is 3.35. The number of carboxylic acids is 1. The quantitative estimate of drug-likeness (QED) is 0.303. The van der Waals surface area contributed by atoms with Gasteiger partial charge in [0, 0.05) is 31.7 Å². The van der Waals surface area contributed by atoms with Gasteiger partial charge in [0.25, 0.3) is 5.91 Å². The van der Waals surface area contributed by atoms with Crippen LogP contribution in [-0.4, -0.2) is 73.6 Å². The van der Waals surface area contributed by atoms with E-state index in [-0.39, 0.29) is 24.9 Å². The summed E-state index contributed by atoms with van der Waals surface area (Å²) in [4.78, 5) is 43.3. The molecule has 2 aliphatic rings. The number of anilines is 1. The Balaban J connectivity index is 1.04. The summed E-state index contributed by atoms with van der Waals surface area (Å²) in [7, 11) is 0. The van der Waals surface area contributed by atoms with E-state index in [1.165, 1.54) is 0 Å². The Morgan fingerprint density at radius 1 is 0.976 bits per heavy atom. The zero-order chi connectivity index (χ0) is 28.6. The van der Waals surface area contributed by atoms with Gasteiger partial charge in [-0.15, -0.1) is 0 Å². The molecule has 1 atom stereocenters. The van der Waals surface area contributed by atoms with Gasteiger partial charge < -0.3 is 30.1 Å². The van der Waals surface area contributed by atoms with E-state index in [2.05, 4.69) is 32.7 Å². The molecule has 10 nitrogen and oxygen atoms in total. The first kappa shape index (κ1) is 28.1.